The van der Waals surface area contributed by atoms with Gasteiger partial charge in [0.1, 0.15) is 5.69 Å². The molecule has 0 saturated heterocycles. The Hall–Kier alpha value is -2.86. The first-order valence-corrected chi connectivity index (χ1v) is 8.58. The summed E-state index contributed by atoms with van der Waals surface area (Å²) in [6.45, 7) is 2.13. The Labute approximate surface area is 154 Å². The van der Waals surface area contributed by atoms with Gasteiger partial charge in [-0.3, -0.25) is 9.48 Å². The molecule has 3 unspecified atom stereocenters. The molecule has 1 fully saturated rings. The molecular formula is C19H19F2N3O3. The molecule has 8 heteroatoms. The fraction of sp³-hybridized carbons (Fsp3) is 0.421. The van der Waals surface area contributed by atoms with E-state index >= 15 is 0 Å². The number of amides is 1. The standard InChI is InChI=1S/C18H19F2N3O.CO2/c1-10-11-7-8-18(10,14-6-4-3-5-12(11)14)21-17(24)13-9-23(2)22-15(13)16(19)20;2-1-3/h3-6,9-11,16H,7-8H2,1-2H3,(H,21,24);. The van der Waals surface area contributed by atoms with Crippen molar-refractivity contribution >= 4 is 12.1 Å². The van der Waals surface area contributed by atoms with Crippen LogP contribution in [0.4, 0.5) is 8.78 Å². The monoisotopic (exact) mass is 375 g/mol. The molecule has 1 saturated carbocycles. The van der Waals surface area contributed by atoms with E-state index in [9.17, 15) is 13.6 Å². The Kier molecular flexibility index (Phi) is 4.93. The predicted molar refractivity (Wildman–Crippen MR) is 89.9 cm³/mol. The first kappa shape index (κ1) is 18.9. The topological polar surface area (TPSA) is 81.1 Å². The van der Waals surface area contributed by atoms with Crippen molar-refractivity contribution in [1.82, 2.24) is 15.1 Å². The SMILES string of the molecule is CC1C2CCC1(NC(=O)c1cn(C)nc1C(F)F)c1ccccc12.O=C=O. The van der Waals surface area contributed by atoms with E-state index in [1.54, 1.807) is 7.05 Å². The van der Waals surface area contributed by atoms with Crippen LogP contribution in [-0.2, 0) is 22.2 Å². The number of aryl methyl sites for hydroxylation is 1. The lowest BCUT2D eigenvalue weighted by Crippen LogP contribution is -2.46. The van der Waals surface area contributed by atoms with E-state index in [2.05, 4.69) is 23.4 Å². The van der Waals surface area contributed by atoms with E-state index in [-0.39, 0.29) is 17.6 Å². The van der Waals surface area contributed by atoms with Gasteiger partial charge >= 0.3 is 6.15 Å². The van der Waals surface area contributed by atoms with Crippen LogP contribution in [0.25, 0.3) is 0 Å². The molecule has 0 radical (unpaired) electrons. The Morgan fingerprint density at radius 1 is 1.37 bits per heavy atom. The van der Waals surface area contributed by atoms with E-state index in [1.807, 2.05) is 18.2 Å². The van der Waals surface area contributed by atoms with Gasteiger partial charge in [-0.15, -0.1) is 0 Å². The van der Waals surface area contributed by atoms with Crippen molar-refractivity contribution < 1.29 is 23.2 Å². The van der Waals surface area contributed by atoms with Gasteiger partial charge in [-0.25, -0.2) is 8.78 Å². The van der Waals surface area contributed by atoms with Crippen molar-refractivity contribution in [3.8, 4) is 0 Å². The van der Waals surface area contributed by atoms with Crippen LogP contribution in [0.1, 0.15) is 59.3 Å². The number of aromatic nitrogens is 2. The molecule has 3 atom stereocenters. The molecule has 142 valence electrons. The van der Waals surface area contributed by atoms with Gasteiger partial charge < -0.3 is 5.32 Å². The maximum absolute atomic E-state index is 13.2. The fourth-order valence-electron chi connectivity index (χ4n) is 4.59. The van der Waals surface area contributed by atoms with Gasteiger partial charge in [0.25, 0.3) is 12.3 Å². The lowest BCUT2D eigenvalue weighted by molar-refractivity contribution is -0.191. The number of nitrogens with one attached hydrogen (secondary N) is 1. The average Bonchev–Trinajstić information content (AvgIpc) is 3.24. The first-order valence-electron chi connectivity index (χ1n) is 8.58. The summed E-state index contributed by atoms with van der Waals surface area (Å²) >= 11 is 0. The number of halogens is 2. The molecule has 1 aromatic heterocycles. The zero-order valence-electron chi connectivity index (χ0n) is 14.9. The third-order valence-electron chi connectivity index (χ3n) is 5.72. The maximum Gasteiger partial charge on any atom is 0.373 e. The van der Waals surface area contributed by atoms with Crippen molar-refractivity contribution in [2.24, 2.45) is 13.0 Å². The van der Waals surface area contributed by atoms with Gasteiger partial charge in [-0.2, -0.15) is 14.7 Å². The number of hydrogen-bond acceptors (Lipinski definition) is 4. The Morgan fingerprint density at radius 3 is 2.70 bits per heavy atom. The molecule has 1 heterocycles. The van der Waals surface area contributed by atoms with Crippen LogP contribution in [0.15, 0.2) is 30.5 Å². The Balaban J connectivity index is 0.000000659. The van der Waals surface area contributed by atoms with Gasteiger partial charge in [0.05, 0.1) is 11.1 Å². The normalized spacial score (nSPS) is 24.8. The number of rotatable bonds is 3. The second-order valence-electron chi connectivity index (χ2n) is 6.93. The van der Waals surface area contributed by atoms with Crippen LogP contribution >= 0.6 is 0 Å². The molecule has 0 spiro atoms. The molecule has 4 rings (SSSR count). The molecule has 6 nitrogen and oxygen atoms in total. The minimum absolute atomic E-state index is 0.0399. The highest BCUT2D eigenvalue weighted by Gasteiger charge is 2.55. The fourth-order valence-corrected chi connectivity index (χ4v) is 4.59. The summed E-state index contributed by atoms with van der Waals surface area (Å²) in [5, 5.41) is 6.82. The molecule has 2 aliphatic rings. The number of carbonyl (C=O) groups is 1. The number of hydrogen-bond donors (Lipinski definition) is 1. The number of benzene rings is 1. The van der Waals surface area contributed by atoms with E-state index in [1.165, 1.54) is 16.4 Å². The summed E-state index contributed by atoms with van der Waals surface area (Å²) in [6, 6.07) is 8.13. The van der Waals surface area contributed by atoms with Crippen molar-refractivity contribution in [2.45, 2.75) is 37.6 Å². The zero-order chi connectivity index (χ0) is 19.8. The average molecular weight is 375 g/mol. The van der Waals surface area contributed by atoms with Gasteiger partial charge in [0.15, 0.2) is 0 Å². The van der Waals surface area contributed by atoms with Gasteiger partial charge in [0.2, 0.25) is 0 Å². The lowest BCUT2D eigenvalue weighted by Gasteiger charge is -2.33. The van der Waals surface area contributed by atoms with E-state index in [4.69, 9.17) is 9.59 Å². The molecule has 1 amide bonds. The predicted octanol–water partition coefficient (Wildman–Crippen LogP) is 2.93. The third kappa shape index (κ3) is 2.96. The molecule has 2 aliphatic carbocycles. The van der Waals surface area contributed by atoms with Crippen LogP contribution in [0, 0.1) is 5.92 Å². The molecule has 2 aromatic rings. The largest absolute Gasteiger partial charge is 0.373 e. The smallest absolute Gasteiger partial charge is 0.342 e. The summed E-state index contributed by atoms with van der Waals surface area (Å²) < 4.78 is 27.6. The molecule has 1 N–H and O–H groups in total. The maximum atomic E-state index is 13.2. The van der Waals surface area contributed by atoms with Gasteiger partial charge in [-0.05, 0) is 35.8 Å². The minimum atomic E-state index is -2.77. The zero-order valence-corrected chi connectivity index (χ0v) is 14.9. The van der Waals surface area contributed by atoms with E-state index < -0.39 is 23.6 Å². The molecule has 2 bridgehead atoms. The number of fused-ring (bicyclic) bond motifs is 5. The molecular weight excluding hydrogens is 356 g/mol. The summed E-state index contributed by atoms with van der Waals surface area (Å²) in [4.78, 5) is 29.0. The highest BCUT2D eigenvalue weighted by Crippen LogP contribution is 2.59. The lowest BCUT2D eigenvalue weighted by atomic mass is 9.84. The summed E-state index contributed by atoms with van der Waals surface area (Å²) in [7, 11) is 1.54. The molecule has 0 aliphatic heterocycles. The minimum Gasteiger partial charge on any atom is -0.342 e. The van der Waals surface area contributed by atoms with E-state index in [0.29, 0.717) is 5.92 Å². The van der Waals surface area contributed by atoms with Crippen LogP contribution in [0.2, 0.25) is 0 Å². The van der Waals surface area contributed by atoms with Crippen LogP contribution in [0.5, 0.6) is 0 Å². The number of nitrogens with zero attached hydrogens (tertiary/aromatic N) is 2. The summed E-state index contributed by atoms with van der Waals surface area (Å²) in [5.74, 6) is 0.207. The first-order chi connectivity index (χ1) is 12.9. The van der Waals surface area contributed by atoms with Crippen LogP contribution < -0.4 is 5.32 Å². The summed E-state index contributed by atoms with van der Waals surface area (Å²) in [5.41, 5.74) is 1.44. The molecule has 1 aromatic carbocycles. The van der Waals surface area contributed by atoms with Crippen molar-refractivity contribution in [3.05, 3.63) is 52.8 Å². The van der Waals surface area contributed by atoms with Crippen molar-refractivity contribution in [1.29, 1.82) is 0 Å². The van der Waals surface area contributed by atoms with Gasteiger partial charge in [0, 0.05) is 13.2 Å². The number of alkyl halides is 2. The highest BCUT2D eigenvalue weighted by atomic mass is 19.3. The third-order valence-corrected chi connectivity index (χ3v) is 5.72. The van der Waals surface area contributed by atoms with Crippen molar-refractivity contribution in [3.63, 3.8) is 0 Å². The van der Waals surface area contributed by atoms with Crippen LogP contribution in [0.3, 0.4) is 0 Å². The van der Waals surface area contributed by atoms with Crippen LogP contribution in [-0.4, -0.2) is 21.8 Å². The van der Waals surface area contributed by atoms with E-state index in [0.717, 1.165) is 18.4 Å². The second-order valence-corrected chi connectivity index (χ2v) is 6.93. The van der Waals surface area contributed by atoms with Crippen molar-refractivity contribution in [2.75, 3.05) is 0 Å². The summed E-state index contributed by atoms with van der Waals surface area (Å²) in [6.07, 6.45) is 0.693. The van der Waals surface area contributed by atoms with Gasteiger partial charge in [-0.1, -0.05) is 31.2 Å². The Bertz CT molecular complexity index is 905. The number of carbonyl (C=O) groups excluding carboxylic acids is 3. The second kappa shape index (κ2) is 7.04. The Morgan fingerprint density at radius 2 is 2.04 bits per heavy atom. The highest BCUT2D eigenvalue weighted by molar-refractivity contribution is 5.96. The molecule has 27 heavy (non-hydrogen) atoms. The quantitative estimate of drug-likeness (QED) is 0.894.